The zero-order valence-corrected chi connectivity index (χ0v) is 18.8. The van der Waals surface area contributed by atoms with Gasteiger partial charge >= 0.3 is 0 Å². The van der Waals surface area contributed by atoms with E-state index in [1.54, 1.807) is 53.8 Å². The first-order valence-electron chi connectivity index (χ1n) is 10.6. The van der Waals surface area contributed by atoms with Crippen LogP contribution in [0.25, 0.3) is 0 Å². The lowest BCUT2D eigenvalue weighted by atomic mass is 10.1. The summed E-state index contributed by atoms with van der Waals surface area (Å²) in [5.74, 6) is 1.23. The van der Waals surface area contributed by atoms with Crippen LogP contribution in [0, 0.1) is 0 Å². The number of nitrogens with zero attached hydrogens (tertiary/aromatic N) is 2. The fraction of sp³-hybridized carbons (Fsp3) is 0.435. The van der Waals surface area contributed by atoms with Gasteiger partial charge in [-0.25, -0.2) is 8.42 Å². The summed E-state index contributed by atoms with van der Waals surface area (Å²) in [6, 6.07) is 10.5. The van der Waals surface area contributed by atoms with Crippen molar-refractivity contribution >= 4 is 21.6 Å². The van der Waals surface area contributed by atoms with Crippen LogP contribution in [-0.4, -0.2) is 52.5 Å². The van der Waals surface area contributed by atoms with Crippen LogP contribution in [0.1, 0.15) is 30.4 Å². The molecule has 2 aliphatic rings. The summed E-state index contributed by atoms with van der Waals surface area (Å²) in [6.07, 6.45) is 3.72. The number of carbonyl (C=O) groups is 1. The van der Waals surface area contributed by atoms with Gasteiger partial charge in [-0.15, -0.1) is 0 Å². The molecule has 0 spiro atoms. The molecule has 7 nitrogen and oxygen atoms in total. The molecule has 0 atom stereocenters. The Morgan fingerprint density at radius 2 is 1.74 bits per heavy atom. The molecule has 2 heterocycles. The van der Waals surface area contributed by atoms with E-state index in [0.29, 0.717) is 42.4 Å². The fourth-order valence-corrected chi connectivity index (χ4v) is 5.88. The predicted molar refractivity (Wildman–Crippen MR) is 118 cm³/mol. The van der Waals surface area contributed by atoms with E-state index in [-0.39, 0.29) is 12.3 Å². The van der Waals surface area contributed by atoms with Gasteiger partial charge in [-0.1, -0.05) is 12.5 Å². The van der Waals surface area contributed by atoms with Crippen LogP contribution in [0.3, 0.4) is 0 Å². The Hall–Kier alpha value is -2.58. The Morgan fingerprint density at radius 1 is 0.968 bits per heavy atom. The minimum absolute atomic E-state index is 0.0474. The summed E-state index contributed by atoms with van der Waals surface area (Å²) in [6.45, 7) is 1.70. The highest BCUT2D eigenvalue weighted by Crippen LogP contribution is 2.33. The molecule has 1 amide bonds. The molecule has 0 bridgehead atoms. The van der Waals surface area contributed by atoms with Crippen molar-refractivity contribution in [2.24, 2.45) is 0 Å². The maximum atomic E-state index is 13.0. The van der Waals surface area contributed by atoms with Gasteiger partial charge in [0.15, 0.2) is 0 Å². The molecule has 166 valence electrons. The van der Waals surface area contributed by atoms with Crippen molar-refractivity contribution in [3.8, 4) is 11.5 Å². The smallest absolute Gasteiger partial charge is 0.243 e. The van der Waals surface area contributed by atoms with Crippen molar-refractivity contribution in [2.45, 2.75) is 37.0 Å². The van der Waals surface area contributed by atoms with Crippen LogP contribution >= 0.6 is 0 Å². The predicted octanol–water partition coefficient (Wildman–Crippen LogP) is 3.01. The largest absolute Gasteiger partial charge is 0.497 e. The van der Waals surface area contributed by atoms with E-state index < -0.39 is 10.0 Å². The zero-order chi connectivity index (χ0) is 22.0. The number of sulfonamides is 1. The monoisotopic (exact) mass is 444 g/mol. The van der Waals surface area contributed by atoms with E-state index in [2.05, 4.69) is 0 Å². The highest BCUT2D eigenvalue weighted by Gasteiger charge is 2.30. The number of hydrogen-bond donors (Lipinski definition) is 0. The van der Waals surface area contributed by atoms with Crippen molar-refractivity contribution in [3.05, 3.63) is 47.5 Å². The van der Waals surface area contributed by atoms with Gasteiger partial charge in [0, 0.05) is 37.0 Å². The third-order valence-corrected chi connectivity index (χ3v) is 7.93. The summed E-state index contributed by atoms with van der Waals surface area (Å²) in [5, 5.41) is 0. The van der Waals surface area contributed by atoms with E-state index in [1.165, 1.54) is 0 Å². The Bertz CT molecular complexity index is 1080. The first-order chi connectivity index (χ1) is 14.9. The van der Waals surface area contributed by atoms with Gasteiger partial charge in [0.2, 0.25) is 15.9 Å². The molecule has 0 saturated carbocycles. The normalized spacial score (nSPS) is 16.8. The van der Waals surface area contributed by atoms with Gasteiger partial charge in [0.05, 0.1) is 25.5 Å². The number of fused-ring (bicyclic) bond motifs is 1. The van der Waals surface area contributed by atoms with E-state index >= 15 is 0 Å². The molecule has 0 unspecified atom stereocenters. The number of methoxy groups -OCH3 is 2. The topological polar surface area (TPSA) is 76.2 Å². The zero-order valence-electron chi connectivity index (χ0n) is 18.0. The lowest BCUT2D eigenvalue weighted by Crippen LogP contribution is -2.35. The number of amides is 1. The first kappa shape index (κ1) is 21.6. The maximum absolute atomic E-state index is 13.0. The molecule has 31 heavy (non-hydrogen) atoms. The Morgan fingerprint density at radius 3 is 2.45 bits per heavy atom. The molecule has 0 radical (unpaired) electrons. The third kappa shape index (κ3) is 4.27. The number of hydrogen-bond acceptors (Lipinski definition) is 5. The molecule has 0 N–H and O–H groups in total. The van der Waals surface area contributed by atoms with Gasteiger partial charge in [0.25, 0.3) is 0 Å². The second-order valence-corrected chi connectivity index (χ2v) is 9.84. The molecule has 2 aromatic carbocycles. The molecule has 1 saturated heterocycles. The number of rotatable bonds is 6. The summed E-state index contributed by atoms with van der Waals surface area (Å²) < 4.78 is 38.2. The van der Waals surface area contributed by atoms with Gasteiger partial charge in [-0.2, -0.15) is 4.31 Å². The second kappa shape index (κ2) is 8.88. The van der Waals surface area contributed by atoms with Crippen molar-refractivity contribution in [3.63, 3.8) is 0 Å². The van der Waals surface area contributed by atoms with Crippen molar-refractivity contribution in [1.29, 1.82) is 0 Å². The molecule has 1 fully saturated rings. The Balaban J connectivity index is 1.53. The number of piperidine rings is 1. The summed E-state index contributed by atoms with van der Waals surface area (Å²) >= 11 is 0. The average molecular weight is 445 g/mol. The molecule has 4 rings (SSSR count). The Kier molecular flexibility index (Phi) is 6.20. The quantitative estimate of drug-likeness (QED) is 0.685. The highest BCUT2D eigenvalue weighted by atomic mass is 32.2. The standard InChI is InChI=1S/C23H28N2O5S/c1-29-19-7-6-18(22(16-19)30-2)15-23(26)25-13-10-17-14-20(8-9-21(17)25)31(27,28)24-11-4-3-5-12-24/h6-9,14,16H,3-5,10-13,15H2,1-2H3. The van der Waals surface area contributed by atoms with Crippen molar-refractivity contribution in [2.75, 3.05) is 38.8 Å². The third-order valence-electron chi connectivity index (χ3n) is 6.04. The number of benzene rings is 2. The van der Waals surface area contributed by atoms with E-state index in [0.717, 1.165) is 36.1 Å². The lowest BCUT2D eigenvalue weighted by molar-refractivity contribution is -0.117. The molecule has 0 aliphatic carbocycles. The maximum Gasteiger partial charge on any atom is 0.243 e. The number of carbonyl (C=O) groups excluding carboxylic acids is 1. The number of anilines is 1. The fourth-order valence-electron chi connectivity index (χ4n) is 4.31. The SMILES string of the molecule is COc1ccc(CC(=O)N2CCc3cc(S(=O)(=O)N4CCCCC4)ccc32)c(OC)c1. The van der Waals surface area contributed by atoms with Crippen molar-refractivity contribution < 1.29 is 22.7 Å². The van der Waals surface area contributed by atoms with Gasteiger partial charge in [0.1, 0.15) is 11.5 Å². The number of ether oxygens (including phenoxy) is 2. The lowest BCUT2D eigenvalue weighted by Gasteiger charge is -2.26. The minimum Gasteiger partial charge on any atom is -0.497 e. The molecule has 2 aliphatic heterocycles. The first-order valence-corrected chi connectivity index (χ1v) is 12.0. The average Bonchev–Trinajstić information content (AvgIpc) is 3.23. The molecule has 0 aromatic heterocycles. The van der Waals surface area contributed by atoms with E-state index in [1.807, 2.05) is 6.07 Å². The Labute approximate surface area is 183 Å². The minimum atomic E-state index is -3.48. The van der Waals surface area contributed by atoms with Crippen LogP contribution in [-0.2, 0) is 27.7 Å². The molecule has 2 aromatic rings. The van der Waals surface area contributed by atoms with Crippen LogP contribution in [0.4, 0.5) is 5.69 Å². The van der Waals surface area contributed by atoms with Crippen LogP contribution in [0.15, 0.2) is 41.3 Å². The van der Waals surface area contributed by atoms with Crippen LogP contribution < -0.4 is 14.4 Å². The van der Waals surface area contributed by atoms with Gasteiger partial charge in [-0.05, 0) is 49.1 Å². The van der Waals surface area contributed by atoms with Crippen LogP contribution in [0.5, 0.6) is 11.5 Å². The van der Waals surface area contributed by atoms with Gasteiger partial charge < -0.3 is 14.4 Å². The highest BCUT2D eigenvalue weighted by molar-refractivity contribution is 7.89. The van der Waals surface area contributed by atoms with Crippen molar-refractivity contribution in [1.82, 2.24) is 4.31 Å². The second-order valence-electron chi connectivity index (χ2n) is 7.91. The molecular weight excluding hydrogens is 416 g/mol. The van der Waals surface area contributed by atoms with Crippen LogP contribution in [0.2, 0.25) is 0 Å². The summed E-state index contributed by atoms with van der Waals surface area (Å²) in [4.78, 5) is 15.1. The summed E-state index contributed by atoms with van der Waals surface area (Å²) in [7, 11) is -0.333. The summed E-state index contributed by atoms with van der Waals surface area (Å²) in [5.41, 5.74) is 2.47. The molecule has 8 heteroatoms. The molecular formula is C23H28N2O5S. The van der Waals surface area contributed by atoms with E-state index in [4.69, 9.17) is 9.47 Å². The van der Waals surface area contributed by atoms with E-state index in [9.17, 15) is 13.2 Å². The van der Waals surface area contributed by atoms with Gasteiger partial charge in [-0.3, -0.25) is 4.79 Å².